The van der Waals surface area contributed by atoms with Gasteiger partial charge in [0.05, 0.1) is 5.75 Å². The van der Waals surface area contributed by atoms with Crippen molar-refractivity contribution in [1.29, 1.82) is 0 Å². The van der Waals surface area contributed by atoms with Crippen molar-refractivity contribution >= 4 is 15.7 Å². The van der Waals surface area contributed by atoms with Crippen molar-refractivity contribution in [2.45, 2.75) is 37.9 Å². The number of nitrogens with zero attached hydrogens (tertiary/aromatic N) is 1. The molecule has 0 bridgehead atoms. The number of rotatable bonds is 8. The van der Waals surface area contributed by atoms with E-state index in [9.17, 15) is 12.8 Å². The van der Waals surface area contributed by atoms with Crippen molar-refractivity contribution in [2.24, 2.45) is 0 Å². The second kappa shape index (κ2) is 9.33. The fourth-order valence-electron chi connectivity index (χ4n) is 3.44. The van der Waals surface area contributed by atoms with Gasteiger partial charge in [-0.1, -0.05) is 24.3 Å². The first-order chi connectivity index (χ1) is 13.0. The highest BCUT2D eigenvalue weighted by Gasteiger charge is 2.12. The van der Waals surface area contributed by atoms with E-state index in [4.69, 9.17) is 0 Å². The molecule has 4 nitrogen and oxygen atoms in total. The van der Waals surface area contributed by atoms with E-state index in [0.29, 0.717) is 12.1 Å². The van der Waals surface area contributed by atoms with Crippen LogP contribution in [0.4, 0.5) is 10.1 Å². The van der Waals surface area contributed by atoms with E-state index in [1.54, 1.807) is 6.07 Å². The Balaban J connectivity index is 1.42. The number of sulfonamides is 1. The SMILES string of the molecule is O=S(=O)(Cc1cccc(F)c1)NCCCc1ccc(N2CCCCC2)cc1. The molecule has 2 aromatic rings. The lowest BCUT2D eigenvalue weighted by molar-refractivity contribution is 0.577. The predicted octanol–water partition coefficient (Wildman–Crippen LogP) is 3.87. The van der Waals surface area contributed by atoms with Gasteiger partial charge in [-0.3, -0.25) is 0 Å². The summed E-state index contributed by atoms with van der Waals surface area (Å²) in [6.07, 6.45) is 5.40. The number of nitrogens with one attached hydrogen (secondary N) is 1. The first kappa shape index (κ1) is 19.8. The third-order valence-electron chi connectivity index (χ3n) is 4.87. The molecule has 1 aliphatic rings. The lowest BCUT2D eigenvalue weighted by Gasteiger charge is -2.28. The van der Waals surface area contributed by atoms with E-state index in [1.807, 2.05) is 0 Å². The van der Waals surface area contributed by atoms with Gasteiger partial charge < -0.3 is 4.90 Å². The smallest absolute Gasteiger partial charge is 0.215 e. The van der Waals surface area contributed by atoms with Gasteiger partial charge in [0.25, 0.3) is 0 Å². The summed E-state index contributed by atoms with van der Waals surface area (Å²) in [6.45, 7) is 2.64. The average molecular weight is 391 g/mol. The van der Waals surface area contributed by atoms with Crippen LogP contribution >= 0.6 is 0 Å². The van der Waals surface area contributed by atoms with Crippen LogP contribution in [0.25, 0.3) is 0 Å². The van der Waals surface area contributed by atoms with Crippen LogP contribution in [0.3, 0.4) is 0 Å². The average Bonchev–Trinajstić information content (AvgIpc) is 2.66. The van der Waals surface area contributed by atoms with Crippen LogP contribution in [0.15, 0.2) is 48.5 Å². The van der Waals surface area contributed by atoms with Gasteiger partial charge in [-0.05, 0) is 67.5 Å². The van der Waals surface area contributed by atoms with Crippen LogP contribution < -0.4 is 9.62 Å². The van der Waals surface area contributed by atoms with Gasteiger partial charge >= 0.3 is 0 Å². The zero-order valence-corrected chi connectivity index (χ0v) is 16.3. The maximum Gasteiger partial charge on any atom is 0.215 e. The molecule has 1 heterocycles. The number of hydrogen-bond donors (Lipinski definition) is 1. The predicted molar refractivity (Wildman–Crippen MR) is 108 cm³/mol. The molecule has 2 aromatic carbocycles. The van der Waals surface area contributed by atoms with E-state index in [0.717, 1.165) is 25.9 Å². The van der Waals surface area contributed by atoms with Crippen LogP contribution in [0.2, 0.25) is 0 Å². The maximum atomic E-state index is 13.2. The van der Waals surface area contributed by atoms with Gasteiger partial charge in [-0.15, -0.1) is 0 Å². The number of anilines is 1. The molecule has 1 fully saturated rings. The minimum Gasteiger partial charge on any atom is -0.372 e. The van der Waals surface area contributed by atoms with Crippen LogP contribution in [0.1, 0.15) is 36.8 Å². The lowest BCUT2D eigenvalue weighted by atomic mass is 10.1. The Hall–Kier alpha value is -1.92. The van der Waals surface area contributed by atoms with E-state index < -0.39 is 15.8 Å². The highest BCUT2D eigenvalue weighted by molar-refractivity contribution is 7.88. The zero-order chi connectivity index (χ0) is 19.1. The molecule has 1 N–H and O–H groups in total. The van der Waals surface area contributed by atoms with Crippen LogP contribution in [0.5, 0.6) is 0 Å². The molecule has 1 saturated heterocycles. The Morgan fingerprint density at radius 1 is 0.963 bits per heavy atom. The molecular weight excluding hydrogens is 363 g/mol. The molecule has 27 heavy (non-hydrogen) atoms. The molecule has 146 valence electrons. The Morgan fingerprint density at radius 3 is 2.41 bits per heavy atom. The zero-order valence-electron chi connectivity index (χ0n) is 15.5. The van der Waals surface area contributed by atoms with Crippen molar-refractivity contribution in [3.63, 3.8) is 0 Å². The summed E-state index contributed by atoms with van der Waals surface area (Å²) in [5, 5.41) is 0. The molecule has 0 unspecified atom stereocenters. The molecule has 0 amide bonds. The topological polar surface area (TPSA) is 49.4 Å². The van der Waals surface area contributed by atoms with Crippen LogP contribution in [-0.2, 0) is 22.2 Å². The summed E-state index contributed by atoms with van der Waals surface area (Å²) >= 11 is 0. The van der Waals surface area contributed by atoms with Gasteiger partial charge in [0.1, 0.15) is 5.82 Å². The van der Waals surface area contributed by atoms with Gasteiger partial charge in [-0.25, -0.2) is 17.5 Å². The fraction of sp³-hybridized carbons (Fsp3) is 0.429. The molecule has 0 aromatic heterocycles. The number of hydrogen-bond acceptors (Lipinski definition) is 3. The standard InChI is InChI=1S/C21H27FN2O2S/c22-20-8-4-6-19(16-20)17-27(25,26)23-13-5-7-18-9-11-21(12-10-18)24-14-2-1-3-15-24/h4,6,8-12,16,23H,1-3,5,7,13-15,17H2. The van der Waals surface area contributed by atoms with Gasteiger partial charge in [-0.2, -0.15) is 0 Å². The number of benzene rings is 2. The van der Waals surface area contributed by atoms with E-state index in [2.05, 4.69) is 33.9 Å². The van der Waals surface area contributed by atoms with Crippen LogP contribution in [-0.4, -0.2) is 28.1 Å². The Kier molecular flexibility index (Phi) is 6.85. The number of halogens is 1. The van der Waals surface area contributed by atoms with E-state index >= 15 is 0 Å². The normalized spacial score (nSPS) is 15.1. The van der Waals surface area contributed by atoms with Gasteiger partial charge in [0.2, 0.25) is 10.0 Å². The molecule has 0 radical (unpaired) electrons. The maximum absolute atomic E-state index is 13.2. The first-order valence-corrected chi connectivity index (χ1v) is 11.2. The highest BCUT2D eigenvalue weighted by atomic mass is 32.2. The minimum absolute atomic E-state index is 0.199. The Morgan fingerprint density at radius 2 is 1.70 bits per heavy atom. The monoisotopic (exact) mass is 390 g/mol. The van der Waals surface area contributed by atoms with Crippen molar-refractivity contribution in [2.75, 3.05) is 24.5 Å². The molecule has 3 rings (SSSR count). The summed E-state index contributed by atoms with van der Waals surface area (Å²) in [5.74, 6) is -0.620. The third-order valence-corrected chi connectivity index (χ3v) is 6.22. The summed E-state index contributed by atoms with van der Waals surface area (Å²) in [7, 11) is -3.45. The van der Waals surface area contributed by atoms with Gasteiger partial charge in [0.15, 0.2) is 0 Å². The quantitative estimate of drug-likeness (QED) is 0.696. The number of piperidine rings is 1. The summed E-state index contributed by atoms with van der Waals surface area (Å²) < 4.78 is 40.0. The molecular formula is C21H27FN2O2S. The fourth-order valence-corrected chi connectivity index (χ4v) is 4.62. The molecule has 0 atom stereocenters. The molecule has 6 heteroatoms. The van der Waals surface area contributed by atoms with Gasteiger partial charge in [0, 0.05) is 25.3 Å². The molecule has 0 aliphatic carbocycles. The largest absolute Gasteiger partial charge is 0.372 e. The minimum atomic E-state index is -3.45. The van der Waals surface area contributed by atoms with Crippen molar-refractivity contribution in [3.8, 4) is 0 Å². The third kappa shape index (κ3) is 6.33. The first-order valence-electron chi connectivity index (χ1n) is 9.57. The van der Waals surface area contributed by atoms with Crippen molar-refractivity contribution < 1.29 is 12.8 Å². The van der Waals surface area contributed by atoms with Crippen molar-refractivity contribution in [1.82, 2.24) is 4.72 Å². The second-order valence-electron chi connectivity index (χ2n) is 7.10. The molecule has 0 saturated carbocycles. The summed E-state index contributed by atoms with van der Waals surface area (Å²) in [4.78, 5) is 2.42. The molecule has 1 aliphatic heterocycles. The summed E-state index contributed by atoms with van der Waals surface area (Å²) in [5.41, 5.74) is 2.94. The second-order valence-corrected chi connectivity index (χ2v) is 8.91. The van der Waals surface area contributed by atoms with E-state index in [-0.39, 0.29) is 5.75 Å². The van der Waals surface area contributed by atoms with Crippen molar-refractivity contribution in [3.05, 3.63) is 65.5 Å². The summed E-state index contributed by atoms with van der Waals surface area (Å²) in [6, 6.07) is 14.3. The molecule has 0 spiro atoms. The Bertz CT molecular complexity index is 832. The van der Waals surface area contributed by atoms with E-state index in [1.165, 1.54) is 48.7 Å². The highest BCUT2D eigenvalue weighted by Crippen LogP contribution is 2.20. The van der Waals surface area contributed by atoms with Crippen LogP contribution in [0, 0.1) is 5.82 Å². The Labute approximate surface area is 161 Å². The lowest BCUT2D eigenvalue weighted by Crippen LogP contribution is -2.29. The number of aryl methyl sites for hydroxylation is 1.